The fourth-order valence-electron chi connectivity index (χ4n) is 2.80. The third-order valence-electron chi connectivity index (χ3n) is 3.87. The van der Waals surface area contributed by atoms with E-state index in [9.17, 15) is 9.90 Å². The largest absolute Gasteiger partial charge is 0.489 e. The Hall–Kier alpha value is -1.92. The number of nitrogens with zero attached hydrogens (tertiary/aromatic N) is 2. The highest BCUT2D eigenvalue weighted by Gasteiger charge is 2.31. The second-order valence-electron chi connectivity index (χ2n) is 5.34. The second-order valence-corrected chi connectivity index (χ2v) is 6.12. The molecule has 1 aliphatic heterocycles. The number of aromatic nitrogens is 1. The average molecular weight is 318 g/mol. The maximum Gasteiger partial charge on any atom is 0.325 e. The lowest BCUT2D eigenvalue weighted by atomic mass is 10.0. The van der Waals surface area contributed by atoms with Gasteiger partial charge in [-0.3, -0.25) is 14.7 Å². The SMILES string of the molecule is O=C(O)[C@@H](c1ccsc1)N1CCC(Oc2cccnc2)CC1. The molecule has 5 nitrogen and oxygen atoms in total. The third-order valence-corrected chi connectivity index (χ3v) is 4.57. The van der Waals surface area contributed by atoms with E-state index in [-0.39, 0.29) is 6.10 Å². The first-order chi connectivity index (χ1) is 10.7. The van der Waals surface area contributed by atoms with Crippen LogP contribution in [0.15, 0.2) is 41.4 Å². The van der Waals surface area contributed by atoms with Gasteiger partial charge in [0.1, 0.15) is 17.9 Å². The van der Waals surface area contributed by atoms with E-state index in [1.165, 1.54) is 11.3 Å². The molecule has 22 heavy (non-hydrogen) atoms. The van der Waals surface area contributed by atoms with Crippen LogP contribution in [0.1, 0.15) is 24.4 Å². The van der Waals surface area contributed by atoms with Gasteiger partial charge in [0.25, 0.3) is 0 Å². The van der Waals surface area contributed by atoms with E-state index < -0.39 is 12.0 Å². The van der Waals surface area contributed by atoms with Crippen molar-refractivity contribution < 1.29 is 14.6 Å². The molecule has 0 bridgehead atoms. The van der Waals surface area contributed by atoms with Gasteiger partial charge >= 0.3 is 5.97 Å². The van der Waals surface area contributed by atoms with E-state index in [4.69, 9.17) is 4.74 Å². The van der Waals surface area contributed by atoms with Crippen molar-refractivity contribution in [3.8, 4) is 5.75 Å². The molecule has 2 aromatic heterocycles. The smallest absolute Gasteiger partial charge is 0.325 e. The van der Waals surface area contributed by atoms with Crippen molar-refractivity contribution in [1.29, 1.82) is 0 Å². The van der Waals surface area contributed by atoms with Crippen molar-refractivity contribution in [1.82, 2.24) is 9.88 Å². The highest BCUT2D eigenvalue weighted by atomic mass is 32.1. The number of carboxylic acids is 1. The lowest BCUT2D eigenvalue weighted by Crippen LogP contribution is -2.42. The summed E-state index contributed by atoms with van der Waals surface area (Å²) >= 11 is 1.53. The quantitative estimate of drug-likeness (QED) is 0.918. The van der Waals surface area contributed by atoms with Crippen LogP contribution in [0.2, 0.25) is 0 Å². The van der Waals surface area contributed by atoms with Gasteiger partial charge in [-0.15, -0.1) is 0 Å². The third kappa shape index (κ3) is 3.45. The predicted molar refractivity (Wildman–Crippen MR) is 84.2 cm³/mol. The fourth-order valence-corrected chi connectivity index (χ4v) is 3.48. The first-order valence-corrected chi connectivity index (χ1v) is 8.24. The monoisotopic (exact) mass is 318 g/mol. The number of piperidine rings is 1. The van der Waals surface area contributed by atoms with Crippen molar-refractivity contribution in [3.63, 3.8) is 0 Å². The molecule has 0 radical (unpaired) electrons. The van der Waals surface area contributed by atoms with Crippen molar-refractivity contribution in [2.75, 3.05) is 13.1 Å². The molecule has 3 heterocycles. The Balaban J connectivity index is 1.60. The molecule has 0 aromatic carbocycles. The van der Waals surface area contributed by atoms with Gasteiger partial charge in [0.2, 0.25) is 0 Å². The summed E-state index contributed by atoms with van der Waals surface area (Å²) in [6, 6.07) is 5.08. The predicted octanol–water partition coefficient (Wildman–Crippen LogP) is 2.81. The number of carbonyl (C=O) groups is 1. The lowest BCUT2D eigenvalue weighted by molar-refractivity contribution is -0.144. The zero-order valence-corrected chi connectivity index (χ0v) is 12.9. The van der Waals surface area contributed by atoms with Crippen LogP contribution in [0.25, 0.3) is 0 Å². The molecule has 0 unspecified atom stereocenters. The van der Waals surface area contributed by atoms with Gasteiger partial charge in [-0.2, -0.15) is 11.3 Å². The van der Waals surface area contributed by atoms with Crippen LogP contribution in [-0.4, -0.2) is 40.2 Å². The Morgan fingerprint density at radius 2 is 2.23 bits per heavy atom. The average Bonchev–Trinajstić information content (AvgIpc) is 3.04. The van der Waals surface area contributed by atoms with Crippen molar-refractivity contribution in [2.24, 2.45) is 0 Å². The van der Waals surface area contributed by atoms with Crippen LogP contribution in [0.4, 0.5) is 0 Å². The van der Waals surface area contributed by atoms with Gasteiger partial charge in [-0.1, -0.05) is 0 Å². The van der Waals surface area contributed by atoms with Crippen molar-refractivity contribution in [3.05, 3.63) is 46.9 Å². The minimum absolute atomic E-state index is 0.123. The summed E-state index contributed by atoms with van der Waals surface area (Å²) in [5.41, 5.74) is 0.865. The van der Waals surface area contributed by atoms with E-state index in [2.05, 4.69) is 4.98 Å². The fraction of sp³-hybridized carbons (Fsp3) is 0.375. The van der Waals surface area contributed by atoms with Crippen molar-refractivity contribution in [2.45, 2.75) is 25.0 Å². The maximum absolute atomic E-state index is 11.6. The van der Waals surface area contributed by atoms with E-state index in [1.54, 1.807) is 12.4 Å². The minimum atomic E-state index is -0.787. The Bertz CT molecular complexity index is 595. The molecule has 3 rings (SSSR count). The molecule has 1 fully saturated rings. The Labute approximate surface area is 133 Å². The number of carboxylic acid groups (broad SMARTS) is 1. The second kappa shape index (κ2) is 6.89. The van der Waals surface area contributed by atoms with Crippen LogP contribution in [0, 0.1) is 0 Å². The summed E-state index contributed by atoms with van der Waals surface area (Å²) in [4.78, 5) is 17.7. The lowest BCUT2D eigenvalue weighted by Gasteiger charge is -2.35. The number of rotatable bonds is 5. The van der Waals surface area contributed by atoms with Crippen LogP contribution in [-0.2, 0) is 4.79 Å². The molecular formula is C16H18N2O3S. The zero-order valence-electron chi connectivity index (χ0n) is 12.1. The highest BCUT2D eigenvalue weighted by molar-refractivity contribution is 7.08. The highest BCUT2D eigenvalue weighted by Crippen LogP contribution is 2.28. The van der Waals surface area contributed by atoms with Gasteiger partial charge in [0.15, 0.2) is 0 Å². The molecule has 1 N–H and O–H groups in total. The van der Waals surface area contributed by atoms with Crippen LogP contribution >= 0.6 is 11.3 Å². The summed E-state index contributed by atoms with van der Waals surface area (Å²) in [5.74, 6) is -0.0152. The molecule has 0 saturated carbocycles. The van der Waals surface area contributed by atoms with Gasteiger partial charge < -0.3 is 9.84 Å². The maximum atomic E-state index is 11.6. The molecule has 1 saturated heterocycles. The van der Waals surface area contributed by atoms with Crippen LogP contribution in [0.3, 0.4) is 0 Å². The summed E-state index contributed by atoms with van der Waals surface area (Å²) in [5, 5.41) is 13.4. The van der Waals surface area contributed by atoms with E-state index in [1.807, 2.05) is 33.9 Å². The minimum Gasteiger partial charge on any atom is -0.489 e. The summed E-state index contributed by atoms with van der Waals surface area (Å²) in [7, 11) is 0. The number of pyridine rings is 1. The molecule has 116 valence electrons. The number of ether oxygens (including phenoxy) is 1. The number of hydrogen-bond donors (Lipinski definition) is 1. The first-order valence-electron chi connectivity index (χ1n) is 7.29. The molecule has 2 aromatic rings. The summed E-state index contributed by atoms with van der Waals surface area (Å²) in [6.45, 7) is 1.44. The molecule has 0 spiro atoms. The number of likely N-dealkylation sites (tertiary alicyclic amines) is 1. The normalized spacial score (nSPS) is 18.0. The topological polar surface area (TPSA) is 62.7 Å². The molecule has 1 aliphatic rings. The Morgan fingerprint density at radius 3 is 2.82 bits per heavy atom. The van der Waals surface area contributed by atoms with Gasteiger partial charge in [0, 0.05) is 19.3 Å². The Kier molecular flexibility index (Phi) is 4.70. The Morgan fingerprint density at radius 1 is 1.41 bits per heavy atom. The van der Waals surface area contributed by atoms with Crippen LogP contribution < -0.4 is 4.74 Å². The zero-order chi connectivity index (χ0) is 15.4. The number of hydrogen-bond acceptors (Lipinski definition) is 5. The summed E-state index contributed by atoms with van der Waals surface area (Å²) in [6.07, 6.45) is 5.19. The van der Waals surface area contributed by atoms with E-state index in [0.29, 0.717) is 0 Å². The van der Waals surface area contributed by atoms with Gasteiger partial charge in [0.05, 0.1) is 6.20 Å². The van der Waals surface area contributed by atoms with Gasteiger partial charge in [-0.25, -0.2) is 0 Å². The molecular weight excluding hydrogens is 300 g/mol. The number of thiophene rings is 1. The molecule has 0 amide bonds. The summed E-state index contributed by atoms with van der Waals surface area (Å²) < 4.78 is 5.90. The first kappa shape index (κ1) is 15.0. The number of aliphatic carboxylic acids is 1. The molecule has 0 aliphatic carbocycles. The van der Waals surface area contributed by atoms with E-state index >= 15 is 0 Å². The molecule has 1 atom stereocenters. The van der Waals surface area contributed by atoms with Crippen molar-refractivity contribution >= 4 is 17.3 Å². The standard InChI is InChI=1S/C16H18N2O3S/c19-16(20)15(12-5-9-22-11-12)18-7-3-13(4-8-18)21-14-2-1-6-17-10-14/h1-2,5-6,9-11,13,15H,3-4,7-8H2,(H,19,20)/t15-/m1/s1. The molecule has 6 heteroatoms. The van der Waals surface area contributed by atoms with E-state index in [0.717, 1.165) is 37.2 Å². The van der Waals surface area contributed by atoms with Crippen LogP contribution in [0.5, 0.6) is 5.75 Å². The van der Waals surface area contributed by atoms with Gasteiger partial charge in [-0.05, 0) is 47.4 Å².